The number of benzene rings is 6. The number of hydrogen-bond donors (Lipinski definition) is 0. The predicted octanol–water partition coefficient (Wildman–Crippen LogP) is 9.75. The highest BCUT2D eigenvalue weighted by molar-refractivity contribution is 5.80. The van der Waals surface area contributed by atoms with Crippen LogP contribution in [-0.4, -0.2) is 0 Å². The van der Waals surface area contributed by atoms with Crippen molar-refractivity contribution in [2.24, 2.45) is 0 Å². The number of ether oxygens (including phenoxy) is 2. The van der Waals surface area contributed by atoms with E-state index in [1.807, 2.05) is 30.3 Å². The molecule has 0 atom stereocenters. The first-order chi connectivity index (χ1) is 19.8. The van der Waals surface area contributed by atoms with Gasteiger partial charge in [0.1, 0.15) is 23.0 Å². The molecule has 0 bridgehead atoms. The molecule has 3 nitrogen and oxygen atoms in total. The van der Waals surface area contributed by atoms with E-state index in [2.05, 4.69) is 126 Å². The van der Waals surface area contributed by atoms with Gasteiger partial charge in [-0.05, 0) is 66.2 Å². The highest BCUT2D eigenvalue weighted by Gasteiger charge is 2.51. The van der Waals surface area contributed by atoms with Gasteiger partial charge in [-0.1, -0.05) is 91.0 Å². The summed E-state index contributed by atoms with van der Waals surface area (Å²) in [6.07, 6.45) is 0. The Balaban J connectivity index is 1.45. The lowest BCUT2D eigenvalue weighted by molar-refractivity contribution is 0.385. The number of nitrogens with zero attached hydrogens (tertiary/aromatic N) is 1. The second kappa shape index (κ2) is 8.89. The molecule has 40 heavy (non-hydrogen) atoms. The first-order valence-electron chi connectivity index (χ1n) is 13.5. The minimum absolute atomic E-state index is 0.620. The van der Waals surface area contributed by atoms with Crippen molar-refractivity contribution >= 4 is 17.1 Å². The molecular weight excluding hydrogens is 490 g/mol. The van der Waals surface area contributed by atoms with Crippen molar-refractivity contribution in [3.63, 3.8) is 0 Å². The lowest BCUT2D eigenvalue weighted by Crippen LogP contribution is -2.37. The molecule has 0 fully saturated rings. The summed E-state index contributed by atoms with van der Waals surface area (Å²) < 4.78 is 13.0. The largest absolute Gasteiger partial charge is 0.457 e. The highest BCUT2D eigenvalue weighted by atomic mass is 16.5. The molecule has 3 heteroatoms. The van der Waals surface area contributed by atoms with Gasteiger partial charge in [-0.3, -0.25) is 0 Å². The molecule has 0 saturated heterocycles. The standard InChI is InChI=1S/C37H25NO2/c1-3-14-27(15-4-1)38(28-16-5-2-6-17-28)29-18-11-13-26(25-29)37-30-19-7-9-21-32(30)39-34-23-12-24-35(36(34)37)40-33-22-10-8-20-31(33)37/h1-25H. The van der Waals surface area contributed by atoms with Crippen LogP contribution < -0.4 is 14.4 Å². The molecule has 0 N–H and O–H groups in total. The molecule has 2 aliphatic heterocycles. The summed E-state index contributed by atoms with van der Waals surface area (Å²) in [5.41, 5.74) is 7.06. The summed E-state index contributed by atoms with van der Waals surface area (Å²) in [6.45, 7) is 0. The van der Waals surface area contributed by atoms with Crippen LogP contribution in [0.15, 0.2) is 152 Å². The van der Waals surface area contributed by atoms with E-state index in [1.165, 1.54) is 0 Å². The van der Waals surface area contributed by atoms with Crippen molar-refractivity contribution in [3.8, 4) is 23.0 Å². The molecular formula is C37H25NO2. The molecule has 6 aromatic carbocycles. The summed E-state index contributed by atoms with van der Waals surface area (Å²) in [7, 11) is 0. The molecule has 190 valence electrons. The number of rotatable bonds is 4. The molecule has 2 aliphatic rings. The lowest BCUT2D eigenvalue weighted by atomic mass is 9.62. The summed E-state index contributed by atoms with van der Waals surface area (Å²) in [4.78, 5) is 2.31. The van der Waals surface area contributed by atoms with Crippen LogP contribution in [-0.2, 0) is 5.41 Å². The van der Waals surface area contributed by atoms with Crippen LogP contribution in [0, 0.1) is 0 Å². The topological polar surface area (TPSA) is 21.7 Å². The average Bonchev–Trinajstić information content (AvgIpc) is 3.02. The first-order valence-corrected chi connectivity index (χ1v) is 13.5. The van der Waals surface area contributed by atoms with Crippen LogP contribution in [0.4, 0.5) is 17.1 Å². The molecule has 0 unspecified atom stereocenters. The van der Waals surface area contributed by atoms with Gasteiger partial charge in [-0.2, -0.15) is 0 Å². The zero-order valence-corrected chi connectivity index (χ0v) is 21.7. The third kappa shape index (κ3) is 3.25. The Morgan fingerprint density at radius 1 is 0.400 bits per heavy atom. The summed E-state index contributed by atoms with van der Waals surface area (Å²) in [5.74, 6) is 3.35. The summed E-state index contributed by atoms with van der Waals surface area (Å²) in [6, 6.07) is 52.8. The van der Waals surface area contributed by atoms with Gasteiger partial charge < -0.3 is 14.4 Å². The van der Waals surface area contributed by atoms with E-state index in [1.54, 1.807) is 0 Å². The first kappa shape index (κ1) is 22.7. The average molecular weight is 516 g/mol. The minimum Gasteiger partial charge on any atom is -0.457 e. The van der Waals surface area contributed by atoms with Gasteiger partial charge in [0.2, 0.25) is 0 Å². The van der Waals surface area contributed by atoms with Crippen LogP contribution in [0.3, 0.4) is 0 Å². The highest BCUT2D eigenvalue weighted by Crippen LogP contribution is 2.62. The Hall–Kier alpha value is -5.28. The zero-order chi connectivity index (χ0) is 26.5. The second-order valence-electron chi connectivity index (χ2n) is 10.1. The maximum Gasteiger partial charge on any atom is 0.135 e. The van der Waals surface area contributed by atoms with Crippen LogP contribution in [0.2, 0.25) is 0 Å². The predicted molar refractivity (Wildman–Crippen MR) is 160 cm³/mol. The van der Waals surface area contributed by atoms with Gasteiger partial charge in [-0.25, -0.2) is 0 Å². The third-order valence-corrected chi connectivity index (χ3v) is 7.95. The zero-order valence-electron chi connectivity index (χ0n) is 21.7. The van der Waals surface area contributed by atoms with Gasteiger partial charge in [0.25, 0.3) is 0 Å². The van der Waals surface area contributed by atoms with Crippen molar-refractivity contribution in [2.75, 3.05) is 4.90 Å². The van der Waals surface area contributed by atoms with Gasteiger partial charge in [0.15, 0.2) is 0 Å². The van der Waals surface area contributed by atoms with Crippen molar-refractivity contribution in [2.45, 2.75) is 5.41 Å². The SMILES string of the molecule is c1ccc(N(c2ccccc2)c2cccc(C34c5ccccc5Oc5cccc(c53)Oc3ccccc34)c2)cc1. The molecule has 8 rings (SSSR count). The Morgan fingerprint density at radius 3 is 1.43 bits per heavy atom. The van der Waals surface area contributed by atoms with Crippen LogP contribution in [0.5, 0.6) is 23.0 Å². The molecule has 6 aromatic rings. The maximum absolute atomic E-state index is 6.51. The van der Waals surface area contributed by atoms with Crippen molar-refractivity contribution in [1.82, 2.24) is 0 Å². The van der Waals surface area contributed by atoms with E-state index in [9.17, 15) is 0 Å². The molecule has 0 spiro atoms. The van der Waals surface area contributed by atoms with Crippen LogP contribution in [0.25, 0.3) is 0 Å². The Labute approximate surface area is 233 Å². The van der Waals surface area contributed by atoms with Gasteiger partial charge in [-0.15, -0.1) is 0 Å². The molecule has 0 aliphatic carbocycles. The second-order valence-corrected chi connectivity index (χ2v) is 10.1. The van der Waals surface area contributed by atoms with Gasteiger partial charge >= 0.3 is 0 Å². The Kier molecular flexibility index (Phi) is 5.04. The normalized spacial score (nSPS) is 13.6. The monoisotopic (exact) mass is 515 g/mol. The molecule has 2 heterocycles. The van der Waals surface area contributed by atoms with E-state index in [4.69, 9.17) is 9.47 Å². The van der Waals surface area contributed by atoms with Crippen LogP contribution >= 0.6 is 0 Å². The van der Waals surface area contributed by atoms with Gasteiger partial charge in [0.05, 0.1) is 11.0 Å². The smallest absolute Gasteiger partial charge is 0.135 e. The van der Waals surface area contributed by atoms with Crippen molar-refractivity contribution in [1.29, 1.82) is 0 Å². The fourth-order valence-corrected chi connectivity index (χ4v) is 6.37. The molecule has 0 amide bonds. The molecule has 0 radical (unpaired) electrons. The summed E-state index contributed by atoms with van der Waals surface area (Å²) in [5, 5.41) is 0. The van der Waals surface area contributed by atoms with Gasteiger partial charge in [0, 0.05) is 28.2 Å². The van der Waals surface area contributed by atoms with Crippen molar-refractivity contribution < 1.29 is 9.47 Å². The van der Waals surface area contributed by atoms with E-state index >= 15 is 0 Å². The number of para-hydroxylation sites is 4. The lowest BCUT2D eigenvalue weighted by Gasteiger charge is -2.45. The molecule has 0 saturated carbocycles. The van der Waals surface area contributed by atoms with Crippen LogP contribution in [0.1, 0.15) is 22.3 Å². The maximum atomic E-state index is 6.51. The number of hydrogen-bond acceptors (Lipinski definition) is 3. The third-order valence-electron chi connectivity index (χ3n) is 7.95. The minimum atomic E-state index is -0.620. The fraction of sp³-hybridized carbons (Fsp3) is 0.0270. The summed E-state index contributed by atoms with van der Waals surface area (Å²) >= 11 is 0. The van der Waals surface area contributed by atoms with E-state index < -0.39 is 5.41 Å². The van der Waals surface area contributed by atoms with Crippen molar-refractivity contribution in [3.05, 3.63) is 174 Å². The van der Waals surface area contributed by atoms with E-state index in [0.29, 0.717) is 0 Å². The number of fused-ring (bicyclic) bond motifs is 4. The Bertz CT molecular complexity index is 1760. The molecule has 0 aromatic heterocycles. The number of anilines is 3. The quantitative estimate of drug-likeness (QED) is 0.233. The fourth-order valence-electron chi connectivity index (χ4n) is 6.37. The van der Waals surface area contributed by atoms with E-state index in [-0.39, 0.29) is 0 Å². The van der Waals surface area contributed by atoms with E-state index in [0.717, 1.165) is 62.3 Å². The Morgan fingerprint density at radius 2 is 0.850 bits per heavy atom.